The number of nitrogens with zero attached hydrogens (tertiary/aromatic N) is 2. The summed E-state index contributed by atoms with van der Waals surface area (Å²) in [5, 5.41) is 3.18. The van der Waals surface area contributed by atoms with Gasteiger partial charge >= 0.3 is 5.97 Å². The number of ether oxygens (including phenoxy) is 3. The van der Waals surface area contributed by atoms with Crippen LogP contribution >= 0.6 is 0 Å². The van der Waals surface area contributed by atoms with Crippen LogP contribution in [-0.4, -0.2) is 69.0 Å². The molecule has 1 N–H and O–H groups in total. The van der Waals surface area contributed by atoms with Crippen LogP contribution in [0.2, 0.25) is 0 Å². The molecule has 3 aliphatic heterocycles. The first-order valence-corrected chi connectivity index (χ1v) is 15.9. The normalized spacial score (nSPS) is 21.4. The fourth-order valence-electron chi connectivity index (χ4n) is 6.73. The van der Waals surface area contributed by atoms with Crippen LogP contribution in [0.15, 0.2) is 65.6 Å². The third-order valence-electron chi connectivity index (χ3n) is 8.57. The maximum atomic E-state index is 14.5. The van der Waals surface area contributed by atoms with Gasteiger partial charge < -0.3 is 24.4 Å². The van der Waals surface area contributed by atoms with Gasteiger partial charge in [0.05, 0.1) is 49.1 Å². The van der Waals surface area contributed by atoms with Crippen molar-refractivity contribution in [3.63, 3.8) is 0 Å². The van der Waals surface area contributed by atoms with Crippen LogP contribution in [0.5, 0.6) is 11.5 Å². The number of amides is 1. The molecule has 10 nitrogen and oxygen atoms in total. The number of rotatable bonds is 8. The number of hydrogen-bond acceptors (Lipinski definition) is 8. The molecule has 3 aliphatic rings. The summed E-state index contributed by atoms with van der Waals surface area (Å²) in [7, 11) is -0.926. The van der Waals surface area contributed by atoms with Crippen molar-refractivity contribution in [3.05, 3.63) is 77.4 Å². The maximum absolute atomic E-state index is 14.5. The van der Waals surface area contributed by atoms with Crippen LogP contribution in [0.3, 0.4) is 0 Å². The second-order valence-corrected chi connectivity index (χ2v) is 12.7. The summed E-state index contributed by atoms with van der Waals surface area (Å²) in [5.41, 5.74) is 3.18. The topological polar surface area (TPSA) is 114 Å². The molecule has 2 saturated heterocycles. The van der Waals surface area contributed by atoms with Crippen LogP contribution in [-0.2, 0) is 26.0 Å². The molecule has 2 bridgehead atoms. The van der Waals surface area contributed by atoms with Crippen molar-refractivity contribution in [3.8, 4) is 11.5 Å². The fraction of sp³-hybridized carbons (Fsp3) is 0.375. The largest absolute Gasteiger partial charge is 0.497 e. The highest BCUT2D eigenvalue weighted by atomic mass is 32.2. The molecule has 3 aromatic rings. The Morgan fingerprint density at radius 2 is 1.84 bits per heavy atom. The summed E-state index contributed by atoms with van der Waals surface area (Å²) in [6.07, 6.45) is 2.47. The molecule has 226 valence electrons. The van der Waals surface area contributed by atoms with Gasteiger partial charge in [-0.05, 0) is 74.6 Å². The molecular formula is C32H35N3O7S. The number of nitrogens with one attached hydrogen (secondary N) is 1. The summed E-state index contributed by atoms with van der Waals surface area (Å²) in [6.45, 7) is 2.48. The molecule has 0 spiro atoms. The molecule has 0 aromatic heterocycles. The minimum absolute atomic E-state index is 0.0713. The molecule has 2 fully saturated rings. The molecule has 6 rings (SSSR count). The lowest BCUT2D eigenvalue weighted by Gasteiger charge is -2.54. The van der Waals surface area contributed by atoms with Crippen molar-refractivity contribution in [2.45, 2.75) is 55.6 Å². The molecule has 0 aliphatic carbocycles. The Morgan fingerprint density at radius 3 is 2.60 bits per heavy atom. The molecule has 0 saturated carbocycles. The third kappa shape index (κ3) is 5.00. The minimum Gasteiger partial charge on any atom is -0.497 e. The zero-order valence-electron chi connectivity index (χ0n) is 24.4. The van der Waals surface area contributed by atoms with Crippen LogP contribution < -0.4 is 14.8 Å². The van der Waals surface area contributed by atoms with Gasteiger partial charge in [-0.2, -0.15) is 4.31 Å². The first-order chi connectivity index (χ1) is 20.8. The number of sulfonamides is 1. The van der Waals surface area contributed by atoms with Gasteiger partial charge in [-0.3, -0.25) is 4.79 Å². The summed E-state index contributed by atoms with van der Waals surface area (Å²) in [5.74, 6) is 0.598. The van der Waals surface area contributed by atoms with E-state index < -0.39 is 34.1 Å². The van der Waals surface area contributed by atoms with Crippen molar-refractivity contribution in [2.24, 2.45) is 0 Å². The second kappa shape index (κ2) is 11.5. The number of anilines is 2. The average Bonchev–Trinajstić information content (AvgIpc) is 3.02. The van der Waals surface area contributed by atoms with Gasteiger partial charge in [-0.25, -0.2) is 13.2 Å². The number of carbonyl (C=O) groups excluding carboxylic acids is 2. The number of piperidine rings is 1. The molecular weight excluding hydrogens is 570 g/mol. The van der Waals surface area contributed by atoms with Gasteiger partial charge in [0.25, 0.3) is 0 Å². The number of para-hydroxylation sites is 1. The highest BCUT2D eigenvalue weighted by Crippen LogP contribution is 2.49. The first-order valence-electron chi connectivity index (χ1n) is 14.5. The molecule has 1 amide bonds. The van der Waals surface area contributed by atoms with E-state index in [0.29, 0.717) is 54.2 Å². The summed E-state index contributed by atoms with van der Waals surface area (Å²) in [6, 6.07) is 15.4. The molecule has 11 heteroatoms. The standard InChI is InChI=1S/C32H35N3O7S/c1-4-42-32(37)24-11-5-6-12-25(24)33-21-9-7-10-23(18-21)43(38,39)35-26-13-8-14-27(35)31(36)34-16-15-20-17-22(40-2)19-28(41-3)29(20)30(26)34/h5-7,9-12,17-19,26-27,30,33H,4,8,13-16H2,1-3H3. The highest BCUT2D eigenvalue weighted by molar-refractivity contribution is 7.89. The Kier molecular flexibility index (Phi) is 7.78. The van der Waals surface area contributed by atoms with E-state index in [1.807, 2.05) is 11.0 Å². The number of benzene rings is 3. The van der Waals surface area contributed by atoms with Crippen molar-refractivity contribution >= 4 is 33.3 Å². The Morgan fingerprint density at radius 1 is 1.02 bits per heavy atom. The maximum Gasteiger partial charge on any atom is 0.340 e. The van der Waals surface area contributed by atoms with Crippen molar-refractivity contribution in [2.75, 3.05) is 32.7 Å². The van der Waals surface area contributed by atoms with E-state index in [9.17, 15) is 18.0 Å². The van der Waals surface area contributed by atoms with Gasteiger partial charge in [-0.15, -0.1) is 0 Å². The van der Waals surface area contributed by atoms with Crippen molar-refractivity contribution in [1.82, 2.24) is 9.21 Å². The number of carbonyl (C=O) groups is 2. The van der Waals surface area contributed by atoms with Gasteiger partial charge in [0.2, 0.25) is 15.9 Å². The van der Waals surface area contributed by atoms with Crippen LogP contribution in [0.4, 0.5) is 11.4 Å². The van der Waals surface area contributed by atoms with Gasteiger partial charge in [0.1, 0.15) is 17.5 Å². The Hall–Kier alpha value is -4.09. The van der Waals surface area contributed by atoms with Crippen LogP contribution in [0, 0.1) is 0 Å². The SMILES string of the molecule is CCOC(=O)c1ccccc1Nc1cccc(S(=O)(=O)N2C3CCCC2C2c4c(cc(OC)cc4OC)CCN2C3=O)c1. The first kappa shape index (κ1) is 29.0. The van der Waals surface area contributed by atoms with E-state index >= 15 is 0 Å². The van der Waals surface area contributed by atoms with Gasteiger partial charge in [0.15, 0.2) is 0 Å². The smallest absolute Gasteiger partial charge is 0.340 e. The number of methoxy groups -OCH3 is 2. The predicted molar refractivity (Wildman–Crippen MR) is 160 cm³/mol. The molecule has 3 unspecified atom stereocenters. The molecule has 3 atom stereocenters. The minimum atomic E-state index is -4.10. The number of hydrogen-bond donors (Lipinski definition) is 1. The lowest BCUT2D eigenvalue weighted by molar-refractivity contribution is -0.150. The number of fused-ring (bicyclic) bond motifs is 6. The zero-order chi connectivity index (χ0) is 30.3. The fourth-order valence-corrected chi connectivity index (χ4v) is 8.61. The van der Waals surface area contributed by atoms with Gasteiger partial charge in [0, 0.05) is 23.9 Å². The Bertz CT molecular complexity index is 1660. The second-order valence-electron chi connectivity index (χ2n) is 10.9. The molecule has 43 heavy (non-hydrogen) atoms. The van der Waals surface area contributed by atoms with E-state index in [-0.39, 0.29) is 17.4 Å². The van der Waals surface area contributed by atoms with Gasteiger partial charge in [-0.1, -0.05) is 18.2 Å². The summed E-state index contributed by atoms with van der Waals surface area (Å²) >= 11 is 0. The van der Waals surface area contributed by atoms with E-state index in [4.69, 9.17) is 14.2 Å². The van der Waals surface area contributed by atoms with E-state index in [1.165, 1.54) is 4.31 Å². The average molecular weight is 606 g/mol. The molecule has 3 aromatic carbocycles. The Labute approximate surface area is 251 Å². The summed E-state index contributed by atoms with van der Waals surface area (Å²) in [4.78, 5) is 28.4. The lowest BCUT2D eigenvalue weighted by Crippen LogP contribution is -2.67. The molecule has 3 heterocycles. The van der Waals surface area contributed by atoms with E-state index in [2.05, 4.69) is 5.32 Å². The summed E-state index contributed by atoms with van der Waals surface area (Å²) < 4.78 is 46.8. The quantitative estimate of drug-likeness (QED) is 0.369. The predicted octanol–water partition coefficient (Wildman–Crippen LogP) is 4.68. The highest BCUT2D eigenvalue weighted by Gasteiger charge is 2.55. The number of esters is 1. The van der Waals surface area contributed by atoms with E-state index in [0.717, 1.165) is 17.5 Å². The van der Waals surface area contributed by atoms with E-state index in [1.54, 1.807) is 75.7 Å². The Balaban J connectivity index is 1.38. The van der Waals surface area contributed by atoms with Crippen molar-refractivity contribution in [1.29, 1.82) is 0 Å². The van der Waals surface area contributed by atoms with Crippen molar-refractivity contribution < 1.29 is 32.2 Å². The number of piperazine rings is 1. The van der Waals surface area contributed by atoms with Crippen LogP contribution in [0.1, 0.15) is 53.7 Å². The lowest BCUT2D eigenvalue weighted by atomic mass is 9.79. The zero-order valence-corrected chi connectivity index (χ0v) is 25.2. The van der Waals surface area contributed by atoms with Crippen LogP contribution in [0.25, 0.3) is 0 Å². The monoisotopic (exact) mass is 605 g/mol. The molecule has 0 radical (unpaired) electrons. The third-order valence-corrected chi connectivity index (χ3v) is 10.5.